The van der Waals surface area contributed by atoms with Gasteiger partial charge in [0.05, 0.1) is 23.0 Å². The summed E-state index contributed by atoms with van der Waals surface area (Å²) >= 11 is 0. The molecule has 1 rings (SSSR count). The Labute approximate surface area is 101 Å². The average molecular weight is 231 g/mol. The van der Waals surface area contributed by atoms with Crippen molar-refractivity contribution in [1.29, 1.82) is 5.26 Å². The third-order valence-electron chi connectivity index (χ3n) is 2.79. The minimum atomic E-state index is -0.0218. The summed E-state index contributed by atoms with van der Waals surface area (Å²) in [5.41, 5.74) is 7.24. The van der Waals surface area contributed by atoms with Crippen molar-refractivity contribution in [3.8, 4) is 6.07 Å². The maximum atomic E-state index is 11.8. The zero-order chi connectivity index (χ0) is 12.8. The molecular formula is C13H17N3O. The first-order chi connectivity index (χ1) is 8.12. The molecular weight excluding hydrogens is 214 g/mol. The number of carbonyl (C=O) groups excluding carboxylic acids is 1. The maximum absolute atomic E-state index is 11.8. The molecule has 90 valence electrons. The number of rotatable bonds is 4. The van der Waals surface area contributed by atoms with E-state index in [4.69, 9.17) is 11.0 Å². The largest absolute Gasteiger partial charge is 0.397 e. The van der Waals surface area contributed by atoms with Gasteiger partial charge in [0, 0.05) is 5.92 Å². The van der Waals surface area contributed by atoms with Gasteiger partial charge in [-0.2, -0.15) is 5.26 Å². The van der Waals surface area contributed by atoms with E-state index in [0.717, 1.165) is 12.8 Å². The number of nitriles is 1. The zero-order valence-corrected chi connectivity index (χ0v) is 10.2. The van der Waals surface area contributed by atoms with Gasteiger partial charge < -0.3 is 11.1 Å². The van der Waals surface area contributed by atoms with Crippen LogP contribution >= 0.6 is 0 Å². The van der Waals surface area contributed by atoms with Gasteiger partial charge >= 0.3 is 0 Å². The van der Waals surface area contributed by atoms with E-state index in [1.54, 1.807) is 18.2 Å². The van der Waals surface area contributed by atoms with E-state index in [9.17, 15) is 4.79 Å². The summed E-state index contributed by atoms with van der Waals surface area (Å²) in [6, 6.07) is 6.86. The van der Waals surface area contributed by atoms with E-state index in [-0.39, 0.29) is 11.8 Å². The fourth-order valence-corrected chi connectivity index (χ4v) is 1.64. The topological polar surface area (TPSA) is 78.9 Å². The molecule has 1 amide bonds. The quantitative estimate of drug-likeness (QED) is 0.781. The number of carbonyl (C=O) groups is 1. The van der Waals surface area contributed by atoms with Gasteiger partial charge in [0.15, 0.2) is 0 Å². The van der Waals surface area contributed by atoms with Crippen LogP contribution in [-0.4, -0.2) is 5.91 Å². The highest BCUT2D eigenvalue weighted by atomic mass is 16.1. The summed E-state index contributed by atoms with van der Waals surface area (Å²) in [6.07, 6.45) is 1.61. The molecule has 17 heavy (non-hydrogen) atoms. The highest BCUT2D eigenvalue weighted by Gasteiger charge is 2.15. The van der Waals surface area contributed by atoms with Crippen molar-refractivity contribution in [3.63, 3.8) is 0 Å². The molecule has 4 nitrogen and oxygen atoms in total. The Balaban J connectivity index is 2.82. The van der Waals surface area contributed by atoms with Gasteiger partial charge in [-0.05, 0) is 31.0 Å². The summed E-state index contributed by atoms with van der Waals surface area (Å²) in [7, 11) is 0. The van der Waals surface area contributed by atoms with Crippen LogP contribution in [0.15, 0.2) is 18.2 Å². The van der Waals surface area contributed by atoms with Crippen LogP contribution in [0, 0.1) is 17.2 Å². The van der Waals surface area contributed by atoms with Gasteiger partial charge in [-0.25, -0.2) is 0 Å². The Kier molecular flexibility index (Phi) is 4.53. The SMILES string of the molecule is CCC(CC)C(=O)Nc1ccc(C#N)cc1N. The third kappa shape index (κ3) is 3.22. The minimum Gasteiger partial charge on any atom is -0.397 e. The van der Waals surface area contributed by atoms with Crippen molar-refractivity contribution in [2.45, 2.75) is 26.7 Å². The fraction of sp³-hybridized carbons (Fsp3) is 0.385. The molecule has 0 unspecified atom stereocenters. The lowest BCUT2D eigenvalue weighted by Crippen LogP contribution is -2.22. The molecule has 0 aromatic heterocycles. The number of nitrogens with zero attached hydrogens (tertiary/aromatic N) is 1. The highest BCUT2D eigenvalue weighted by molar-refractivity contribution is 5.95. The second-order valence-corrected chi connectivity index (χ2v) is 3.92. The first-order valence-electron chi connectivity index (χ1n) is 5.72. The monoisotopic (exact) mass is 231 g/mol. The molecule has 0 spiro atoms. The standard InChI is InChI=1S/C13H17N3O/c1-3-10(4-2)13(17)16-12-6-5-9(8-14)7-11(12)15/h5-7,10H,3-4,15H2,1-2H3,(H,16,17). The summed E-state index contributed by atoms with van der Waals surface area (Å²) in [6.45, 7) is 3.96. The number of nitrogens with two attached hydrogens (primary N) is 1. The molecule has 0 aliphatic rings. The summed E-state index contributed by atoms with van der Waals surface area (Å²) in [5, 5.41) is 11.5. The molecule has 0 saturated heterocycles. The third-order valence-corrected chi connectivity index (χ3v) is 2.79. The summed E-state index contributed by atoms with van der Waals surface area (Å²) < 4.78 is 0. The number of hydrogen-bond acceptors (Lipinski definition) is 3. The van der Waals surface area contributed by atoms with Crippen LogP contribution in [0.3, 0.4) is 0 Å². The second kappa shape index (κ2) is 5.90. The van der Waals surface area contributed by atoms with Gasteiger partial charge in [-0.15, -0.1) is 0 Å². The van der Waals surface area contributed by atoms with E-state index >= 15 is 0 Å². The molecule has 0 atom stereocenters. The highest BCUT2D eigenvalue weighted by Crippen LogP contribution is 2.21. The summed E-state index contributed by atoms with van der Waals surface area (Å²) in [5.74, 6) is -0.0172. The predicted octanol–water partition coefficient (Wildman–Crippen LogP) is 2.52. The molecule has 0 radical (unpaired) electrons. The fourth-order valence-electron chi connectivity index (χ4n) is 1.64. The number of nitrogen functional groups attached to an aromatic ring is 1. The number of anilines is 2. The van der Waals surface area contributed by atoms with Crippen LogP contribution in [-0.2, 0) is 4.79 Å². The zero-order valence-electron chi connectivity index (χ0n) is 10.2. The summed E-state index contributed by atoms with van der Waals surface area (Å²) in [4.78, 5) is 11.8. The van der Waals surface area contributed by atoms with Crippen molar-refractivity contribution in [1.82, 2.24) is 0 Å². The molecule has 0 fully saturated rings. The van der Waals surface area contributed by atoms with Crippen molar-refractivity contribution >= 4 is 17.3 Å². The first kappa shape index (κ1) is 13.0. The van der Waals surface area contributed by atoms with Crippen LogP contribution in [0.1, 0.15) is 32.3 Å². The average Bonchev–Trinajstić information content (AvgIpc) is 2.33. The minimum absolute atomic E-state index is 0.00467. The van der Waals surface area contributed by atoms with E-state index in [1.165, 1.54) is 0 Å². The van der Waals surface area contributed by atoms with Crippen LogP contribution in [0.5, 0.6) is 0 Å². The number of hydrogen-bond donors (Lipinski definition) is 2. The second-order valence-electron chi connectivity index (χ2n) is 3.92. The number of nitrogens with one attached hydrogen (secondary N) is 1. The van der Waals surface area contributed by atoms with Gasteiger partial charge in [-0.3, -0.25) is 4.79 Å². The lowest BCUT2D eigenvalue weighted by Gasteiger charge is -2.14. The normalized spacial score (nSPS) is 10.0. The van der Waals surface area contributed by atoms with Gasteiger partial charge in [0.2, 0.25) is 5.91 Å². The predicted molar refractivity (Wildman–Crippen MR) is 68.3 cm³/mol. The number of benzene rings is 1. The Morgan fingerprint density at radius 2 is 2.12 bits per heavy atom. The molecule has 3 N–H and O–H groups in total. The van der Waals surface area contributed by atoms with Crippen molar-refractivity contribution in [2.75, 3.05) is 11.1 Å². The van der Waals surface area contributed by atoms with E-state index in [0.29, 0.717) is 16.9 Å². The first-order valence-corrected chi connectivity index (χ1v) is 5.72. The molecule has 0 aliphatic carbocycles. The Hall–Kier alpha value is -2.02. The Morgan fingerprint density at radius 3 is 2.59 bits per heavy atom. The van der Waals surface area contributed by atoms with E-state index in [1.807, 2.05) is 19.9 Å². The molecule has 0 saturated carbocycles. The lowest BCUT2D eigenvalue weighted by atomic mass is 10.0. The van der Waals surface area contributed by atoms with Gasteiger partial charge in [0.1, 0.15) is 0 Å². The Bertz CT molecular complexity index is 444. The number of amides is 1. The molecule has 1 aromatic carbocycles. The molecule has 0 bridgehead atoms. The molecule has 1 aromatic rings. The van der Waals surface area contributed by atoms with E-state index in [2.05, 4.69) is 5.32 Å². The molecule has 0 heterocycles. The van der Waals surface area contributed by atoms with Crippen LogP contribution in [0.25, 0.3) is 0 Å². The molecule has 0 aliphatic heterocycles. The maximum Gasteiger partial charge on any atom is 0.227 e. The van der Waals surface area contributed by atoms with Gasteiger partial charge in [-0.1, -0.05) is 13.8 Å². The Morgan fingerprint density at radius 1 is 1.47 bits per heavy atom. The van der Waals surface area contributed by atoms with Crippen LogP contribution in [0.4, 0.5) is 11.4 Å². The smallest absolute Gasteiger partial charge is 0.227 e. The van der Waals surface area contributed by atoms with Crippen molar-refractivity contribution in [3.05, 3.63) is 23.8 Å². The lowest BCUT2D eigenvalue weighted by molar-refractivity contribution is -0.120. The van der Waals surface area contributed by atoms with Crippen molar-refractivity contribution in [2.24, 2.45) is 5.92 Å². The molecule has 4 heteroatoms. The van der Waals surface area contributed by atoms with Gasteiger partial charge in [0.25, 0.3) is 0 Å². The van der Waals surface area contributed by atoms with E-state index < -0.39 is 0 Å². The van der Waals surface area contributed by atoms with Crippen LogP contribution < -0.4 is 11.1 Å². The van der Waals surface area contributed by atoms with Crippen molar-refractivity contribution < 1.29 is 4.79 Å². The van der Waals surface area contributed by atoms with Crippen LogP contribution in [0.2, 0.25) is 0 Å².